The number of amidine groups is 1. The zero-order valence-electron chi connectivity index (χ0n) is 4.75. The van der Waals surface area contributed by atoms with E-state index in [0.29, 0.717) is 0 Å². The molecule has 2 N–H and O–H groups in total. The fraction of sp³-hybridized carbons (Fsp3) is 0.667. The van der Waals surface area contributed by atoms with Gasteiger partial charge in [-0.3, -0.25) is 4.99 Å². The fourth-order valence-corrected chi connectivity index (χ4v) is 0.497. The minimum Gasteiger partial charge on any atom is -0.374 e. The molecule has 0 heterocycles. The first-order valence-corrected chi connectivity index (χ1v) is 3.80. The van der Waals surface area contributed by atoms with Gasteiger partial charge in [0.1, 0.15) is 0 Å². The summed E-state index contributed by atoms with van der Waals surface area (Å²) in [4.78, 5) is 3.27. The first-order valence-electron chi connectivity index (χ1n) is 1.91. The molecule has 0 aliphatic rings. The van der Waals surface area contributed by atoms with E-state index < -0.39 is 9.84 Å². The smallest absolute Gasteiger partial charge is 0.213 e. The van der Waals surface area contributed by atoms with Gasteiger partial charge < -0.3 is 5.73 Å². The molecule has 0 aliphatic heterocycles. The maximum Gasteiger partial charge on any atom is 0.213 e. The summed E-state index contributed by atoms with van der Waals surface area (Å²) < 4.78 is 20.6. The van der Waals surface area contributed by atoms with Crippen molar-refractivity contribution in [2.75, 3.05) is 13.3 Å². The Labute approximate surface area is 48.3 Å². The summed E-state index contributed by atoms with van der Waals surface area (Å²) in [6.45, 7) is 0. The van der Waals surface area contributed by atoms with Crippen molar-refractivity contribution in [3.63, 3.8) is 0 Å². The summed E-state index contributed by atoms with van der Waals surface area (Å²) in [7, 11) is -1.90. The van der Waals surface area contributed by atoms with Gasteiger partial charge >= 0.3 is 0 Å². The van der Waals surface area contributed by atoms with E-state index in [1.165, 1.54) is 7.05 Å². The van der Waals surface area contributed by atoms with Gasteiger partial charge in [-0.1, -0.05) is 0 Å². The van der Waals surface area contributed by atoms with Crippen molar-refractivity contribution in [1.29, 1.82) is 0 Å². The van der Waals surface area contributed by atoms with E-state index in [-0.39, 0.29) is 5.17 Å². The largest absolute Gasteiger partial charge is 0.374 e. The maximum atomic E-state index is 10.3. The van der Waals surface area contributed by atoms with Gasteiger partial charge in [0, 0.05) is 13.3 Å². The molecule has 0 unspecified atom stereocenters. The molecule has 0 bridgehead atoms. The minimum absolute atomic E-state index is 0.322. The van der Waals surface area contributed by atoms with Crippen molar-refractivity contribution < 1.29 is 8.42 Å². The van der Waals surface area contributed by atoms with Gasteiger partial charge in [0.2, 0.25) is 15.0 Å². The van der Waals surface area contributed by atoms with Crippen LogP contribution in [-0.4, -0.2) is 26.9 Å². The van der Waals surface area contributed by atoms with Crippen LogP contribution in [0, 0.1) is 0 Å². The van der Waals surface area contributed by atoms with E-state index in [1.54, 1.807) is 0 Å². The van der Waals surface area contributed by atoms with E-state index in [0.717, 1.165) is 6.26 Å². The molecule has 4 nitrogen and oxygen atoms in total. The molecule has 0 aromatic rings. The standard InChI is InChI=1S/C3H8N2O2S/c1-5-3(4)8(2,6)7/h1-2H3,(H2,4,5). The van der Waals surface area contributed by atoms with Crippen LogP contribution in [0.4, 0.5) is 0 Å². The number of aliphatic imine (C=N–C) groups is 1. The van der Waals surface area contributed by atoms with Crippen LogP contribution in [0.2, 0.25) is 0 Å². The van der Waals surface area contributed by atoms with E-state index in [1.807, 2.05) is 0 Å². The topological polar surface area (TPSA) is 72.5 Å². The quantitative estimate of drug-likeness (QED) is 0.342. The van der Waals surface area contributed by atoms with Crippen LogP contribution in [0.1, 0.15) is 0 Å². The van der Waals surface area contributed by atoms with Crippen LogP contribution in [-0.2, 0) is 9.84 Å². The fourth-order valence-electron chi connectivity index (χ4n) is 0.166. The summed E-state index contributed by atoms with van der Waals surface area (Å²) in [6, 6.07) is 0. The van der Waals surface area contributed by atoms with Gasteiger partial charge in [-0.25, -0.2) is 8.42 Å². The second kappa shape index (κ2) is 2.13. The van der Waals surface area contributed by atoms with Crippen molar-refractivity contribution in [3.05, 3.63) is 0 Å². The van der Waals surface area contributed by atoms with Crippen molar-refractivity contribution in [2.45, 2.75) is 0 Å². The summed E-state index contributed by atoms with van der Waals surface area (Å²) in [5.74, 6) is 0. The van der Waals surface area contributed by atoms with Crippen LogP contribution in [0.15, 0.2) is 4.99 Å². The zero-order chi connectivity index (χ0) is 6.78. The first kappa shape index (κ1) is 7.42. The van der Waals surface area contributed by atoms with E-state index in [2.05, 4.69) is 4.99 Å². The van der Waals surface area contributed by atoms with Crippen LogP contribution < -0.4 is 5.73 Å². The molecule has 0 radical (unpaired) electrons. The normalized spacial score (nSPS) is 14.0. The molecule has 0 spiro atoms. The highest BCUT2D eigenvalue weighted by atomic mass is 32.2. The molecule has 0 saturated carbocycles. The number of sulfone groups is 1. The molecule has 5 heteroatoms. The van der Waals surface area contributed by atoms with Gasteiger partial charge in [-0.15, -0.1) is 0 Å². The second-order valence-corrected chi connectivity index (χ2v) is 3.30. The summed E-state index contributed by atoms with van der Waals surface area (Å²) in [5.41, 5.74) is 4.91. The summed E-state index contributed by atoms with van der Waals surface area (Å²) in [6.07, 6.45) is 1.01. The average Bonchev–Trinajstić information content (AvgIpc) is 1.62. The van der Waals surface area contributed by atoms with Gasteiger partial charge in [-0.2, -0.15) is 0 Å². The second-order valence-electron chi connectivity index (χ2n) is 1.33. The minimum atomic E-state index is -3.23. The number of hydrogen-bond donors (Lipinski definition) is 1. The van der Waals surface area contributed by atoms with Crippen LogP contribution in [0.3, 0.4) is 0 Å². The lowest BCUT2D eigenvalue weighted by molar-refractivity contribution is 0.612. The zero-order valence-corrected chi connectivity index (χ0v) is 5.57. The van der Waals surface area contributed by atoms with Crippen LogP contribution in [0.5, 0.6) is 0 Å². The Kier molecular flexibility index (Phi) is 1.97. The highest BCUT2D eigenvalue weighted by molar-refractivity contribution is 8.05. The molecule has 0 rings (SSSR count). The average molecular weight is 136 g/mol. The van der Waals surface area contributed by atoms with E-state index in [9.17, 15) is 8.42 Å². The molecular weight excluding hydrogens is 128 g/mol. The third kappa shape index (κ3) is 1.92. The Morgan fingerprint density at radius 1 is 1.62 bits per heavy atom. The predicted octanol–water partition coefficient (Wildman–Crippen LogP) is -1.02. The van der Waals surface area contributed by atoms with Gasteiger partial charge in [0.15, 0.2) is 0 Å². The molecule has 8 heavy (non-hydrogen) atoms. The lowest BCUT2D eigenvalue weighted by Crippen LogP contribution is -2.22. The van der Waals surface area contributed by atoms with Gasteiger partial charge in [0.25, 0.3) is 0 Å². The first-order chi connectivity index (χ1) is 3.48. The maximum absolute atomic E-state index is 10.3. The SMILES string of the molecule is CN=C(N)S(C)(=O)=O. The number of nitrogens with zero attached hydrogens (tertiary/aromatic N) is 1. The molecule has 0 saturated heterocycles. The monoisotopic (exact) mass is 136 g/mol. The van der Waals surface area contributed by atoms with Crippen molar-refractivity contribution >= 4 is 15.0 Å². The highest BCUT2D eigenvalue weighted by Crippen LogP contribution is 1.78. The summed E-state index contributed by atoms with van der Waals surface area (Å²) in [5, 5.41) is -0.322. The summed E-state index contributed by atoms with van der Waals surface area (Å²) >= 11 is 0. The van der Waals surface area contributed by atoms with Crippen LogP contribution in [0.25, 0.3) is 0 Å². The third-order valence-electron chi connectivity index (χ3n) is 0.600. The van der Waals surface area contributed by atoms with Crippen molar-refractivity contribution in [2.24, 2.45) is 10.7 Å². The third-order valence-corrected chi connectivity index (χ3v) is 1.54. The molecule has 0 aromatic carbocycles. The number of nitrogens with two attached hydrogens (primary N) is 1. The van der Waals surface area contributed by atoms with Crippen molar-refractivity contribution in [1.82, 2.24) is 0 Å². The van der Waals surface area contributed by atoms with Gasteiger partial charge in [0.05, 0.1) is 0 Å². The predicted molar refractivity (Wildman–Crippen MR) is 32.4 cm³/mol. The molecular formula is C3H8N2O2S. The molecule has 48 valence electrons. The molecule has 0 aliphatic carbocycles. The Balaban J connectivity index is 4.55. The lowest BCUT2D eigenvalue weighted by atomic mass is 11.3. The Hall–Kier alpha value is -0.580. The number of rotatable bonds is 0. The van der Waals surface area contributed by atoms with Crippen LogP contribution >= 0.6 is 0 Å². The molecule has 0 aromatic heterocycles. The van der Waals surface area contributed by atoms with E-state index >= 15 is 0 Å². The Bertz CT molecular complexity index is 191. The van der Waals surface area contributed by atoms with E-state index in [4.69, 9.17) is 5.73 Å². The number of hydrogen-bond acceptors (Lipinski definition) is 3. The molecule has 0 atom stereocenters. The van der Waals surface area contributed by atoms with Crippen molar-refractivity contribution in [3.8, 4) is 0 Å². The Morgan fingerprint density at radius 3 is 2.00 bits per heavy atom. The van der Waals surface area contributed by atoms with Gasteiger partial charge in [-0.05, 0) is 0 Å². The molecule has 0 fully saturated rings. The molecule has 0 amide bonds. The highest BCUT2D eigenvalue weighted by Gasteiger charge is 2.04. The lowest BCUT2D eigenvalue weighted by Gasteiger charge is -1.90. The Morgan fingerprint density at radius 2 is 2.00 bits per heavy atom.